The second-order valence-electron chi connectivity index (χ2n) is 6.46. The van der Waals surface area contributed by atoms with Gasteiger partial charge in [0.05, 0.1) is 5.52 Å². The van der Waals surface area contributed by atoms with Crippen molar-refractivity contribution in [1.82, 2.24) is 14.5 Å². The van der Waals surface area contributed by atoms with Gasteiger partial charge in [0.2, 0.25) is 0 Å². The van der Waals surface area contributed by atoms with Crippen LogP contribution in [0.2, 0.25) is 0 Å². The van der Waals surface area contributed by atoms with E-state index in [1.165, 1.54) is 16.8 Å². The molecule has 0 fully saturated rings. The smallest absolute Gasteiger partial charge is 0.140 e. The number of hydrogen-bond acceptors (Lipinski definition) is 4. The van der Waals surface area contributed by atoms with E-state index >= 15 is 0 Å². The van der Waals surface area contributed by atoms with E-state index < -0.39 is 0 Å². The van der Waals surface area contributed by atoms with Crippen molar-refractivity contribution in [3.8, 4) is 11.1 Å². The molecule has 0 aliphatic carbocycles. The highest BCUT2D eigenvalue weighted by atomic mass is 15.1. The summed E-state index contributed by atoms with van der Waals surface area (Å²) in [7, 11) is 2.03. The van der Waals surface area contributed by atoms with Crippen LogP contribution in [0.4, 0.5) is 5.69 Å². The summed E-state index contributed by atoms with van der Waals surface area (Å²) in [5.74, 6) is 0. The first-order chi connectivity index (χ1) is 12.7. The zero-order chi connectivity index (χ0) is 18.1. The Balaban J connectivity index is 1.92. The number of hydrogen-bond donors (Lipinski definition) is 1. The molecule has 0 atom stereocenters. The van der Waals surface area contributed by atoms with E-state index in [1.807, 2.05) is 25.5 Å². The van der Waals surface area contributed by atoms with Gasteiger partial charge in [0, 0.05) is 67.3 Å². The monoisotopic (exact) mass is 345 g/mol. The summed E-state index contributed by atoms with van der Waals surface area (Å²) in [6.07, 6.45) is 5.85. The van der Waals surface area contributed by atoms with Gasteiger partial charge in [0.25, 0.3) is 0 Å². The van der Waals surface area contributed by atoms with E-state index in [4.69, 9.17) is 5.73 Å². The minimum absolute atomic E-state index is 0.631. The molecule has 0 unspecified atom stereocenters. The standard InChI is InChI=1S/C21H23N5/c1-3-26(12-9-22)20-8-11-23-19-7-6-15(13-17(19)20)18-14-25(2)21-16(18)5-4-10-24-21/h4-8,10-11,13-14H,3,9,12,22H2,1-2H3. The van der Waals surface area contributed by atoms with E-state index in [2.05, 4.69) is 62.9 Å². The van der Waals surface area contributed by atoms with Gasteiger partial charge in [0.15, 0.2) is 0 Å². The Morgan fingerprint density at radius 2 is 1.96 bits per heavy atom. The molecule has 3 heterocycles. The topological polar surface area (TPSA) is 60.0 Å². The first-order valence-electron chi connectivity index (χ1n) is 8.97. The van der Waals surface area contributed by atoms with Crippen LogP contribution in [-0.2, 0) is 7.05 Å². The molecule has 1 aromatic carbocycles. The molecule has 4 rings (SSSR count). The number of aryl methyl sites for hydroxylation is 1. The molecule has 0 spiro atoms. The summed E-state index contributed by atoms with van der Waals surface area (Å²) < 4.78 is 2.08. The number of anilines is 1. The third kappa shape index (κ3) is 2.70. The number of nitrogens with two attached hydrogens (primary N) is 1. The van der Waals surface area contributed by atoms with E-state index in [-0.39, 0.29) is 0 Å². The summed E-state index contributed by atoms with van der Waals surface area (Å²) >= 11 is 0. The van der Waals surface area contributed by atoms with Crippen molar-refractivity contribution < 1.29 is 0 Å². The maximum atomic E-state index is 5.81. The summed E-state index contributed by atoms with van der Waals surface area (Å²) in [5, 5.41) is 2.32. The Morgan fingerprint density at radius 3 is 2.77 bits per heavy atom. The van der Waals surface area contributed by atoms with Crippen molar-refractivity contribution >= 4 is 27.6 Å². The molecule has 0 amide bonds. The molecule has 132 valence electrons. The first kappa shape index (κ1) is 16.5. The second-order valence-corrected chi connectivity index (χ2v) is 6.46. The summed E-state index contributed by atoms with van der Waals surface area (Å²) in [6, 6.07) is 12.7. The molecule has 26 heavy (non-hydrogen) atoms. The Bertz CT molecular complexity index is 1070. The van der Waals surface area contributed by atoms with E-state index in [1.54, 1.807) is 0 Å². The predicted octanol–water partition coefficient (Wildman–Crippen LogP) is 3.57. The molecule has 5 nitrogen and oxygen atoms in total. The number of pyridine rings is 2. The van der Waals surface area contributed by atoms with Gasteiger partial charge in [-0.2, -0.15) is 0 Å². The predicted molar refractivity (Wildman–Crippen MR) is 108 cm³/mol. The zero-order valence-electron chi connectivity index (χ0n) is 15.2. The van der Waals surface area contributed by atoms with Crippen molar-refractivity contribution in [2.45, 2.75) is 6.92 Å². The lowest BCUT2D eigenvalue weighted by atomic mass is 10.0. The molecule has 0 saturated carbocycles. The van der Waals surface area contributed by atoms with Crippen LogP contribution in [0.25, 0.3) is 33.1 Å². The highest BCUT2D eigenvalue weighted by molar-refractivity contribution is 5.99. The average molecular weight is 345 g/mol. The van der Waals surface area contributed by atoms with Crippen molar-refractivity contribution in [2.24, 2.45) is 12.8 Å². The Labute approximate surface area is 153 Å². The minimum atomic E-state index is 0.631. The van der Waals surface area contributed by atoms with Gasteiger partial charge in [-0.05, 0) is 42.8 Å². The summed E-state index contributed by atoms with van der Waals surface area (Å²) in [6.45, 7) is 4.53. The van der Waals surface area contributed by atoms with Crippen LogP contribution in [0.1, 0.15) is 6.92 Å². The van der Waals surface area contributed by atoms with Gasteiger partial charge in [-0.3, -0.25) is 4.98 Å². The first-order valence-corrected chi connectivity index (χ1v) is 8.97. The van der Waals surface area contributed by atoms with Crippen LogP contribution < -0.4 is 10.6 Å². The number of likely N-dealkylation sites (N-methyl/N-ethyl adjacent to an activating group) is 1. The molecule has 2 N–H and O–H groups in total. The molecule has 0 aliphatic heterocycles. The van der Waals surface area contributed by atoms with Crippen molar-refractivity contribution in [1.29, 1.82) is 0 Å². The van der Waals surface area contributed by atoms with Gasteiger partial charge in [-0.15, -0.1) is 0 Å². The second kappa shape index (κ2) is 6.77. The normalized spacial score (nSPS) is 11.3. The van der Waals surface area contributed by atoms with Crippen molar-refractivity contribution in [3.05, 3.63) is 55.0 Å². The Morgan fingerprint density at radius 1 is 1.08 bits per heavy atom. The fourth-order valence-electron chi connectivity index (χ4n) is 3.62. The average Bonchev–Trinajstić information content (AvgIpc) is 3.02. The number of aromatic nitrogens is 3. The molecule has 5 heteroatoms. The quantitative estimate of drug-likeness (QED) is 0.601. The fourth-order valence-corrected chi connectivity index (χ4v) is 3.62. The summed E-state index contributed by atoms with van der Waals surface area (Å²) in [4.78, 5) is 11.4. The number of benzene rings is 1. The number of rotatable bonds is 5. The minimum Gasteiger partial charge on any atom is -0.370 e. The molecule has 0 aliphatic rings. The number of fused-ring (bicyclic) bond motifs is 2. The fraction of sp³-hybridized carbons (Fsp3) is 0.238. The SMILES string of the molecule is CCN(CCN)c1ccnc2ccc(-c3cn(C)c4ncccc34)cc12. The lowest BCUT2D eigenvalue weighted by Gasteiger charge is -2.24. The maximum absolute atomic E-state index is 5.81. The highest BCUT2D eigenvalue weighted by Crippen LogP contribution is 2.33. The van der Waals surface area contributed by atoms with Crippen LogP contribution in [-0.4, -0.2) is 34.2 Å². The van der Waals surface area contributed by atoms with Gasteiger partial charge < -0.3 is 15.2 Å². The molecular formula is C21H23N5. The zero-order valence-corrected chi connectivity index (χ0v) is 15.2. The number of nitrogens with zero attached hydrogens (tertiary/aromatic N) is 4. The molecular weight excluding hydrogens is 322 g/mol. The van der Waals surface area contributed by atoms with Crippen molar-refractivity contribution in [3.63, 3.8) is 0 Å². The molecule has 0 radical (unpaired) electrons. The molecule has 4 aromatic rings. The van der Waals surface area contributed by atoms with Crippen LogP contribution in [0, 0.1) is 0 Å². The van der Waals surface area contributed by atoms with Gasteiger partial charge in [-0.1, -0.05) is 6.07 Å². The van der Waals surface area contributed by atoms with Crippen LogP contribution in [0.3, 0.4) is 0 Å². The molecule has 0 saturated heterocycles. The van der Waals surface area contributed by atoms with Crippen LogP contribution in [0.5, 0.6) is 0 Å². The third-order valence-corrected chi connectivity index (χ3v) is 4.88. The lowest BCUT2D eigenvalue weighted by Crippen LogP contribution is -2.29. The van der Waals surface area contributed by atoms with E-state index in [0.717, 1.165) is 35.0 Å². The highest BCUT2D eigenvalue weighted by Gasteiger charge is 2.13. The van der Waals surface area contributed by atoms with E-state index in [9.17, 15) is 0 Å². The van der Waals surface area contributed by atoms with Gasteiger partial charge in [-0.25, -0.2) is 4.98 Å². The van der Waals surface area contributed by atoms with Crippen LogP contribution >= 0.6 is 0 Å². The summed E-state index contributed by atoms with van der Waals surface area (Å²) in [5.41, 5.74) is 11.3. The van der Waals surface area contributed by atoms with Gasteiger partial charge >= 0.3 is 0 Å². The van der Waals surface area contributed by atoms with Crippen molar-refractivity contribution in [2.75, 3.05) is 24.5 Å². The van der Waals surface area contributed by atoms with E-state index in [0.29, 0.717) is 6.54 Å². The lowest BCUT2D eigenvalue weighted by molar-refractivity contribution is 0.819. The molecule has 0 bridgehead atoms. The Kier molecular flexibility index (Phi) is 4.31. The molecule has 3 aromatic heterocycles. The van der Waals surface area contributed by atoms with Crippen LogP contribution in [0.15, 0.2) is 55.0 Å². The largest absolute Gasteiger partial charge is 0.370 e. The van der Waals surface area contributed by atoms with Gasteiger partial charge in [0.1, 0.15) is 5.65 Å². The third-order valence-electron chi connectivity index (χ3n) is 4.88. The maximum Gasteiger partial charge on any atom is 0.140 e. The Hall–Kier alpha value is -2.92.